The van der Waals surface area contributed by atoms with E-state index in [1.54, 1.807) is 35.2 Å². The number of ether oxygens (including phenoxy) is 1. The monoisotopic (exact) mass is 340 g/mol. The summed E-state index contributed by atoms with van der Waals surface area (Å²) in [4.78, 5) is 17.9. The summed E-state index contributed by atoms with van der Waals surface area (Å²) in [6.07, 6.45) is 0.227. The average Bonchev–Trinajstić information content (AvgIpc) is 2.94. The van der Waals surface area contributed by atoms with Gasteiger partial charge in [-0.3, -0.25) is 9.69 Å². The van der Waals surface area contributed by atoms with Crippen LogP contribution in [0.25, 0.3) is 10.9 Å². The number of fused-ring (bicyclic) bond motifs is 6. The summed E-state index contributed by atoms with van der Waals surface area (Å²) < 4.78 is 6.10. The standard InChI is InChI=1S/C18H13ClN2O3/c19-9-1-4-15-13(7-9)17(23)21-6-5-11-12-8-10(22)2-3-14(12)20-16(11)18(21)24-15/h1-4,7-8,18,20,22H,5-6H2. The highest BCUT2D eigenvalue weighted by Crippen LogP contribution is 2.42. The van der Waals surface area contributed by atoms with Gasteiger partial charge in [0.1, 0.15) is 11.5 Å². The lowest BCUT2D eigenvalue weighted by Crippen LogP contribution is -2.45. The molecule has 2 aromatic carbocycles. The number of aromatic nitrogens is 1. The average molecular weight is 341 g/mol. The molecule has 0 aliphatic carbocycles. The van der Waals surface area contributed by atoms with E-state index in [0.717, 1.165) is 22.2 Å². The predicted molar refractivity (Wildman–Crippen MR) is 89.5 cm³/mol. The molecule has 5 nitrogen and oxygen atoms in total. The van der Waals surface area contributed by atoms with Crippen molar-refractivity contribution in [1.82, 2.24) is 9.88 Å². The van der Waals surface area contributed by atoms with Crippen LogP contribution in [0, 0.1) is 0 Å². The number of aromatic hydroxyl groups is 1. The molecule has 0 spiro atoms. The maximum Gasteiger partial charge on any atom is 0.260 e. The molecule has 3 heterocycles. The SMILES string of the molecule is O=C1c2cc(Cl)ccc2OC2c3[nH]c4ccc(O)cc4c3CCN12. The number of amides is 1. The zero-order chi connectivity index (χ0) is 16.4. The second-order valence-corrected chi connectivity index (χ2v) is 6.54. The lowest BCUT2D eigenvalue weighted by atomic mass is 9.99. The van der Waals surface area contributed by atoms with Gasteiger partial charge in [-0.15, -0.1) is 0 Å². The van der Waals surface area contributed by atoms with Gasteiger partial charge in [-0.25, -0.2) is 0 Å². The number of hydrogen-bond acceptors (Lipinski definition) is 3. The quantitative estimate of drug-likeness (QED) is 0.657. The number of nitrogens with zero attached hydrogens (tertiary/aromatic N) is 1. The number of carbonyl (C=O) groups excluding carboxylic acids is 1. The van der Waals surface area contributed by atoms with Crippen molar-refractivity contribution in [2.24, 2.45) is 0 Å². The first-order chi connectivity index (χ1) is 11.6. The van der Waals surface area contributed by atoms with E-state index >= 15 is 0 Å². The van der Waals surface area contributed by atoms with Crippen LogP contribution >= 0.6 is 11.6 Å². The van der Waals surface area contributed by atoms with E-state index in [1.165, 1.54) is 0 Å². The summed E-state index contributed by atoms with van der Waals surface area (Å²) in [6, 6.07) is 10.3. The van der Waals surface area contributed by atoms with Gasteiger partial charge in [0.05, 0.1) is 11.3 Å². The molecule has 6 heteroatoms. The molecule has 120 valence electrons. The van der Waals surface area contributed by atoms with E-state index in [1.807, 2.05) is 6.07 Å². The Morgan fingerprint density at radius 3 is 3.00 bits per heavy atom. The molecule has 5 rings (SSSR count). The fourth-order valence-electron chi connectivity index (χ4n) is 3.62. The molecule has 1 unspecified atom stereocenters. The van der Waals surface area contributed by atoms with Crippen LogP contribution in [0.5, 0.6) is 11.5 Å². The smallest absolute Gasteiger partial charge is 0.260 e. The number of halogens is 1. The Morgan fingerprint density at radius 2 is 2.12 bits per heavy atom. The Kier molecular flexibility index (Phi) is 2.68. The number of benzene rings is 2. The Balaban J connectivity index is 1.68. The molecule has 0 radical (unpaired) electrons. The maximum absolute atomic E-state index is 12.8. The van der Waals surface area contributed by atoms with Crippen molar-refractivity contribution in [3.8, 4) is 11.5 Å². The van der Waals surface area contributed by atoms with Gasteiger partial charge in [0, 0.05) is 22.5 Å². The molecule has 2 N–H and O–H groups in total. The van der Waals surface area contributed by atoms with E-state index in [2.05, 4.69) is 4.98 Å². The van der Waals surface area contributed by atoms with Crippen LogP contribution in [0.2, 0.25) is 5.02 Å². The molecule has 1 aromatic heterocycles. The summed E-state index contributed by atoms with van der Waals surface area (Å²) in [5.41, 5.74) is 3.39. The maximum atomic E-state index is 12.8. The highest BCUT2D eigenvalue weighted by Gasteiger charge is 2.40. The van der Waals surface area contributed by atoms with Crippen LogP contribution in [0.3, 0.4) is 0 Å². The highest BCUT2D eigenvalue weighted by atomic mass is 35.5. The van der Waals surface area contributed by atoms with Gasteiger partial charge in [-0.1, -0.05) is 11.6 Å². The Morgan fingerprint density at radius 1 is 1.25 bits per heavy atom. The van der Waals surface area contributed by atoms with Crippen molar-refractivity contribution in [2.75, 3.05) is 6.54 Å². The van der Waals surface area contributed by atoms with Gasteiger partial charge in [-0.05, 0) is 48.4 Å². The number of carbonyl (C=O) groups is 1. The second kappa shape index (κ2) is 4.68. The molecule has 2 aliphatic heterocycles. The summed E-state index contributed by atoms with van der Waals surface area (Å²) in [7, 11) is 0. The zero-order valence-corrected chi connectivity index (χ0v) is 13.3. The largest absolute Gasteiger partial charge is 0.508 e. The fourth-order valence-corrected chi connectivity index (χ4v) is 3.79. The number of phenols is 1. The minimum absolute atomic E-state index is 0.0732. The summed E-state index contributed by atoms with van der Waals surface area (Å²) in [5, 5.41) is 11.2. The molecule has 1 amide bonds. The van der Waals surface area contributed by atoms with E-state index in [0.29, 0.717) is 29.3 Å². The first-order valence-corrected chi connectivity index (χ1v) is 8.10. The molecular weight excluding hydrogens is 328 g/mol. The number of H-pyrrole nitrogens is 1. The van der Waals surface area contributed by atoms with Gasteiger partial charge < -0.3 is 14.8 Å². The number of rotatable bonds is 0. The van der Waals surface area contributed by atoms with Crippen LogP contribution in [0.15, 0.2) is 36.4 Å². The third kappa shape index (κ3) is 1.79. The van der Waals surface area contributed by atoms with Crippen molar-refractivity contribution < 1.29 is 14.6 Å². The van der Waals surface area contributed by atoms with E-state index in [9.17, 15) is 9.90 Å². The van der Waals surface area contributed by atoms with Gasteiger partial charge in [0.15, 0.2) is 0 Å². The third-order valence-corrected chi connectivity index (χ3v) is 4.96. The van der Waals surface area contributed by atoms with Crippen LogP contribution in [0.4, 0.5) is 0 Å². The summed E-state index contributed by atoms with van der Waals surface area (Å²) >= 11 is 6.01. The number of aromatic amines is 1. The minimum atomic E-state index is -0.482. The fraction of sp³-hybridized carbons (Fsp3) is 0.167. The number of phenolic OH excluding ortho intramolecular Hbond substituents is 1. The van der Waals surface area contributed by atoms with Crippen molar-refractivity contribution >= 4 is 28.4 Å². The molecule has 1 atom stereocenters. The second-order valence-electron chi connectivity index (χ2n) is 6.11. The molecular formula is C18H13ClN2O3. The van der Waals surface area contributed by atoms with Gasteiger partial charge >= 0.3 is 0 Å². The van der Waals surface area contributed by atoms with Crippen molar-refractivity contribution in [1.29, 1.82) is 0 Å². The summed E-state index contributed by atoms with van der Waals surface area (Å²) in [5.74, 6) is 0.697. The van der Waals surface area contributed by atoms with Crippen LogP contribution in [-0.4, -0.2) is 27.4 Å². The highest BCUT2D eigenvalue weighted by molar-refractivity contribution is 6.31. The van der Waals surface area contributed by atoms with Gasteiger partial charge in [0.2, 0.25) is 6.23 Å². The van der Waals surface area contributed by atoms with E-state index in [-0.39, 0.29) is 11.7 Å². The minimum Gasteiger partial charge on any atom is -0.508 e. The van der Waals surface area contributed by atoms with Crippen LogP contribution < -0.4 is 4.74 Å². The lowest BCUT2D eigenvalue weighted by Gasteiger charge is -2.39. The van der Waals surface area contributed by atoms with Gasteiger partial charge in [-0.2, -0.15) is 0 Å². The third-order valence-electron chi connectivity index (χ3n) is 4.73. The molecule has 2 aliphatic rings. The van der Waals surface area contributed by atoms with Crippen LogP contribution in [-0.2, 0) is 6.42 Å². The Bertz CT molecular complexity index is 1010. The van der Waals surface area contributed by atoms with Crippen molar-refractivity contribution in [3.63, 3.8) is 0 Å². The molecule has 24 heavy (non-hydrogen) atoms. The van der Waals surface area contributed by atoms with Crippen molar-refractivity contribution in [2.45, 2.75) is 12.6 Å². The summed E-state index contributed by atoms with van der Waals surface area (Å²) in [6.45, 7) is 0.561. The van der Waals surface area contributed by atoms with E-state index in [4.69, 9.17) is 16.3 Å². The first kappa shape index (κ1) is 13.7. The predicted octanol–water partition coefficient (Wildman–Crippen LogP) is 3.62. The van der Waals surface area contributed by atoms with Gasteiger partial charge in [0.25, 0.3) is 5.91 Å². The van der Waals surface area contributed by atoms with Crippen LogP contribution in [0.1, 0.15) is 27.8 Å². The lowest BCUT2D eigenvalue weighted by molar-refractivity contribution is 0.00203. The molecule has 0 saturated carbocycles. The topological polar surface area (TPSA) is 65.6 Å². The Labute approximate surface area is 142 Å². The normalized spacial score (nSPS) is 18.8. The molecule has 0 saturated heterocycles. The Hall–Kier alpha value is -2.66. The zero-order valence-electron chi connectivity index (χ0n) is 12.5. The molecule has 3 aromatic rings. The molecule has 0 bridgehead atoms. The molecule has 0 fully saturated rings. The van der Waals surface area contributed by atoms with Crippen molar-refractivity contribution in [3.05, 3.63) is 58.2 Å². The first-order valence-electron chi connectivity index (χ1n) is 7.72. The van der Waals surface area contributed by atoms with E-state index < -0.39 is 6.23 Å². The number of nitrogens with one attached hydrogen (secondary N) is 1. The number of hydrogen-bond donors (Lipinski definition) is 2.